The van der Waals surface area contributed by atoms with Crippen molar-refractivity contribution in [2.24, 2.45) is 0 Å². The number of rotatable bonds is 4. The van der Waals surface area contributed by atoms with E-state index in [0.717, 1.165) is 43.7 Å². The molecule has 0 amide bonds. The lowest BCUT2D eigenvalue weighted by Gasteiger charge is -2.32. The molecular formula is C16H24N2O2. The Kier molecular flexibility index (Phi) is 5.01. The Balaban J connectivity index is 2.05. The summed E-state index contributed by atoms with van der Waals surface area (Å²) in [7, 11) is 1.42. The number of carbonyl (C=O) groups is 1. The van der Waals surface area contributed by atoms with Gasteiger partial charge in [-0.05, 0) is 44.0 Å². The molecule has 0 atom stereocenters. The van der Waals surface area contributed by atoms with E-state index in [2.05, 4.69) is 17.1 Å². The third kappa shape index (κ3) is 3.31. The summed E-state index contributed by atoms with van der Waals surface area (Å²) in [6, 6.07) is 6.24. The maximum atomic E-state index is 11.7. The number of esters is 1. The first-order chi connectivity index (χ1) is 9.65. The highest BCUT2D eigenvalue weighted by atomic mass is 16.5. The SMILES string of the molecule is CCN1CCC(Nc2cccc(C(=O)OC)c2C)CC1. The molecule has 0 spiro atoms. The van der Waals surface area contributed by atoms with E-state index < -0.39 is 0 Å². The molecule has 0 aromatic heterocycles. The zero-order chi connectivity index (χ0) is 14.5. The van der Waals surface area contributed by atoms with Crippen LogP contribution < -0.4 is 5.32 Å². The molecule has 1 aliphatic heterocycles. The van der Waals surface area contributed by atoms with Crippen molar-refractivity contribution < 1.29 is 9.53 Å². The van der Waals surface area contributed by atoms with Crippen molar-refractivity contribution in [3.05, 3.63) is 29.3 Å². The number of carbonyl (C=O) groups excluding carboxylic acids is 1. The number of ether oxygens (including phenoxy) is 1. The summed E-state index contributed by atoms with van der Waals surface area (Å²) in [5.41, 5.74) is 2.66. The highest BCUT2D eigenvalue weighted by Gasteiger charge is 2.19. The number of methoxy groups -OCH3 is 1. The van der Waals surface area contributed by atoms with Gasteiger partial charge in [0.1, 0.15) is 0 Å². The van der Waals surface area contributed by atoms with Gasteiger partial charge in [0.15, 0.2) is 0 Å². The average Bonchev–Trinajstić information content (AvgIpc) is 2.49. The lowest BCUT2D eigenvalue weighted by Crippen LogP contribution is -2.39. The number of nitrogens with one attached hydrogen (secondary N) is 1. The zero-order valence-electron chi connectivity index (χ0n) is 12.6. The van der Waals surface area contributed by atoms with E-state index in [1.807, 2.05) is 25.1 Å². The summed E-state index contributed by atoms with van der Waals surface area (Å²) >= 11 is 0. The Labute approximate surface area is 121 Å². The summed E-state index contributed by atoms with van der Waals surface area (Å²) in [4.78, 5) is 14.2. The second kappa shape index (κ2) is 6.75. The Hall–Kier alpha value is -1.55. The van der Waals surface area contributed by atoms with Gasteiger partial charge in [0, 0.05) is 24.8 Å². The Morgan fingerprint density at radius 2 is 2.10 bits per heavy atom. The molecule has 1 aromatic carbocycles. The third-order valence-corrected chi connectivity index (χ3v) is 4.13. The number of anilines is 1. The minimum Gasteiger partial charge on any atom is -0.465 e. The van der Waals surface area contributed by atoms with E-state index in [-0.39, 0.29) is 5.97 Å². The lowest BCUT2D eigenvalue weighted by atomic mass is 10.0. The van der Waals surface area contributed by atoms with Crippen molar-refractivity contribution in [1.29, 1.82) is 0 Å². The molecular weight excluding hydrogens is 252 g/mol. The van der Waals surface area contributed by atoms with Crippen LogP contribution in [0.15, 0.2) is 18.2 Å². The van der Waals surface area contributed by atoms with E-state index >= 15 is 0 Å². The van der Waals surface area contributed by atoms with E-state index in [9.17, 15) is 4.79 Å². The standard InChI is InChI=1S/C16H24N2O2/c1-4-18-10-8-13(9-11-18)17-15-7-5-6-14(12(15)2)16(19)20-3/h5-7,13,17H,4,8-11H2,1-3H3. The van der Waals surface area contributed by atoms with Crippen LogP contribution in [0.1, 0.15) is 35.7 Å². The molecule has 2 rings (SSSR count). The first-order valence-electron chi connectivity index (χ1n) is 7.32. The fraction of sp³-hybridized carbons (Fsp3) is 0.562. The normalized spacial score (nSPS) is 16.9. The predicted molar refractivity (Wildman–Crippen MR) is 81.3 cm³/mol. The Bertz CT molecular complexity index is 466. The molecule has 0 unspecified atom stereocenters. The topological polar surface area (TPSA) is 41.6 Å². The Morgan fingerprint density at radius 3 is 2.70 bits per heavy atom. The van der Waals surface area contributed by atoms with E-state index in [0.29, 0.717) is 11.6 Å². The molecule has 1 saturated heterocycles. The first-order valence-corrected chi connectivity index (χ1v) is 7.32. The maximum Gasteiger partial charge on any atom is 0.338 e. The van der Waals surface area contributed by atoms with Crippen LogP contribution in [0.5, 0.6) is 0 Å². The first kappa shape index (κ1) is 14.9. The fourth-order valence-electron chi connectivity index (χ4n) is 2.74. The predicted octanol–water partition coefficient (Wildman–Crippen LogP) is 2.68. The smallest absolute Gasteiger partial charge is 0.338 e. The molecule has 0 bridgehead atoms. The maximum absolute atomic E-state index is 11.7. The summed E-state index contributed by atoms with van der Waals surface area (Å²) in [6.45, 7) is 7.59. The van der Waals surface area contributed by atoms with Crippen LogP contribution in [0, 0.1) is 6.92 Å². The fourth-order valence-corrected chi connectivity index (χ4v) is 2.74. The van der Waals surface area contributed by atoms with Gasteiger partial charge >= 0.3 is 5.97 Å². The van der Waals surface area contributed by atoms with Crippen LogP contribution >= 0.6 is 0 Å². The van der Waals surface area contributed by atoms with E-state index in [1.165, 1.54) is 7.11 Å². The molecule has 0 saturated carbocycles. The van der Waals surface area contributed by atoms with Crippen molar-refractivity contribution in [2.45, 2.75) is 32.7 Å². The summed E-state index contributed by atoms with van der Waals surface area (Å²) in [6.07, 6.45) is 2.30. The molecule has 1 heterocycles. The number of hydrogen-bond acceptors (Lipinski definition) is 4. The van der Waals surface area contributed by atoms with Gasteiger partial charge in [-0.3, -0.25) is 0 Å². The number of nitrogens with zero attached hydrogens (tertiary/aromatic N) is 1. The van der Waals surface area contributed by atoms with Crippen molar-refractivity contribution in [2.75, 3.05) is 32.1 Å². The van der Waals surface area contributed by atoms with E-state index in [1.54, 1.807) is 0 Å². The minimum absolute atomic E-state index is 0.271. The highest BCUT2D eigenvalue weighted by Crippen LogP contribution is 2.23. The van der Waals surface area contributed by atoms with Gasteiger partial charge in [-0.25, -0.2) is 4.79 Å². The average molecular weight is 276 g/mol. The van der Waals surface area contributed by atoms with Gasteiger partial charge in [-0.15, -0.1) is 0 Å². The van der Waals surface area contributed by atoms with Crippen LogP contribution in [-0.2, 0) is 4.74 Å². The molecule has 1 aromatic rings. The van der Waals surface area contributed by atoms with Crippen molar-refractivity contribution in [1.82, 2.24) is 4.90 Å². The van der Waals surface area contributed by atoms with Crippen molar-refractivity contribution >= 4 is 11.7 Å². The van der Waals surface area contributed by atoms with Gasteiger partial charge in [-0.1, -0.05) is 13.0 Å². The molecule has 1 fully saturated rings. The molecule has 1 aliphatic rings. The number of hydrogen-bond donors (Lipinski definition) is 1. The third-order valence-electron chi connectivity index (χ3n) is 4.13. The molecule has 20 heavy (non-hydrogen) atoms. The summed E-state index contributed by atoms with van der Waals surface area (Å²) < 4.78 is 4.82. The number of piperidine rings is 1. The van der Waals surface area contributed by atoms with Gasteiger partial charge in [0.05, 0.1) is 12.7 Å². The van der Waals surface area contributed by atoms with Crippen molar-refractivity contribution in [3.8, 4) is 0 Å². The number of benzene rings is 1. The van der Waals surface area contributed by atoms with E-state index in [4.69, 9.17) is 4.74 Å². The molecule has 110 valence electrons. The molecule has 1 N–H and O–H groups in total. The van der Waals surface area contributed by atoms with Gasteiger partial charge in [0.2, 0.25) is 0 Å². The second-order valence-electron chi connectivity index (χ2n) is 5.32. The lowest BCUT2D eigenvalue weighted by molar-refractivity contribution is 0.0600. The van der Waals surface area contributed by atoms with Gasteiger partial charge < -0.3 is 15.0 Å². The van der Waals surface area contributed by atoms with Crippen LogP contribution in [0.4, 0.5) is 5.69 Å². The zero-order valence-corrected chi connectivity index (χ0v) is 12.6. The van der Waals surface area contributed by atoms with Crippen molar-refractivity contribution in [3.63, 3.8) is 0 Å². The summed E-state index contributed by atoms with van der Waals surface area (Å²) in [5, 5.41) is 3.58. The quantitative estimate of drug-likeness (QED) is 0.859. The molecule has 0 radical (unpaired) electrons. The van der Waals surface area contributed by atoms with Gasteiger partial charge in [0.25, 0.3) is 0 Å². The molecule has 4 nitrogen and oxygen atoms in total. The monoisotopic (exact) mass is 276 g/mol. The minimum atomic E-state index is -0.271. The highest BCUT2D eigenvalue weighted by molar-refractivity contribution is 5.92. The molecule has 4 heteroatoms. The van der Waals surface area contributed by atoms with Crippen LogP contribution in [-0.4, -0.2) is 43.7 Å². The van der Waals surface area contributed by atoms with Crippen LogP contribution in [0.2, 0.25) is 0 Å². The Morgan fingerprint density at radius 1 is 1.40 bits per heavy atom. The molecule has 0 aliphatic carbocycles. The second-order valence-corrected chi connectivity index (χ2v) is 5.32. The van der Waals surface area contributed by atoms with Crippen LogP contribution in [0.3, 0.4) is 0 Å². The summed E-state index contributed by atoms with van der Waals surface area (Å²) in [5.74, 6) is -0.271. The van der Waals surface area contributed by atoms with Gasteiger partial charge in [-0.2, -0.15) is 0 Å². The number of likely N-dealkylation sites (tertiary alicyclic amines) is 1. The largest absolute Gasteiger partial charge is 0.465 e. The van der Waals surface area contributed by atoms with Crippen LogP contribution in [0.25, 0.3) is 0 Å².